The van der Waals surface area contributed by atoms with Gasteiger partial charge in [0.1, 0.15) is 0 Å². The second-order valence-electron chi connectivity index (χ2n) is 4.05. The lowest BCUT2D eigenvalue weighted by atomic mass is 10.2. The summed E-state index contributed by atoms with van der Waals surface area (Å²) >= 11 is 6.26. The predicted molar refractivity (Wildman–Crippen MR) is 79.3 cm³/mol. The molecule has 1 unspecified atom stereocenters. The van der Waals surface area contributed by atoms with Crippen LogP contribution in [0.4, 0.5) is 0 Å². The highest BCUT2D eigenvalue weighted by atomic mass is 32.2. The van der Waals surface area contributed by atoms with Crippen LogP contribution in [0.1, 0.15) is 32.6 Å². The predicted octanol–water partition coefficient (Wildman–Crippen LogP) is 4.66. The standard InChI is InChI=1S/C12H22S3/c1-3-8-13-9-6-4-5-7-10-14-12(2)11-15-12/h3H,1,4-11H2,2H3. The van der Waals surface area contributed by atoms with Crippen LogP contribution in [-0.4, -0.2) is 27.1 Å². The van der Waals surface area contributed by atoms with Gasteiger partial charge in [-0.05, 0) is 31.3 Å². The molecule has 0 aliphatic carbocycles. The molecule has 1 aliphatic heterocycles. The van der Waals surface area contributed by atoms with Crippen LogP contribution in [0.5, 0.6) is 0 Å². The fraction of sp³-hybridized carbons (Fsp3) is 0.833. The third-order valence-electron chi connectivity index (χ3n) is 2.38. The normalized spacial score (nSPS) is 24.1. The van der Waals surface area contributed by atoms with Crippen LogP contribution in [0.15, 0.2) is 12.7 Å². The van der Waals surface area contributed by atoms with Crippen molar-refractivity contribution in [3.63, 3.8) is 0 Å². The molecule has 0 spiro atoms. The van der Waals surface area contributed by atoms with Crippen molar-refractivity contribution in [3.8, 4) is 0 Å². The molecule has 0 aromatic heterocycles. The average Bonchev–Trinajstić information content (AvgIpc) is 2.95. The van der Waals surface area contributed by atoms with E-state index in [4.69, 9.17) is 0 Å². The zero-order chi connectivity index (χ0) is 11.0. The molecule has 1 heterocycles. The molecule has 1 rings (SSSR count). The lowest BCUT2D eigenvalue weighted by molar-refractivity contribution is 0.711. The molecular formula is C12H22S3. The smallest absolute Gasteiger partial charge is 0.0674 e. The first-order valence-corrected chi connectivity index (χ1v) is 8.86. The molecule has 1 aliphatic rings. The molecule has 15 heavy (non-hydrogen) atoms. The zero-order valence-electron chi connectivity index (χ0n) is 9.67. The number of hydrogen-bond acceptors (Lipinski definition) is 3. The summed E-state index contributed by atoms with van der Waals surface area (Å²) in [6.45, 7) is 6.09. The average molecular weight is 263 g/mol. The Balaban J connectivity index is 1.71. The first-order chi connectivity index (χ1) is 7.27. The van der Waals surface area contributed by atoms with E-state index in [-0.39, 0.29) is 0 Å². The van der Waals surface area contributed by atoms with Crippen molar-refractivity contribution in [1.82, 2.24) is 0 Å². The van der Waals surface area contributed by atoms with E-state index in [1.54, 1.807) is 0 Å². The lowest BCUT2D eigenvalue weighted by Crippen LogP contribution is -1.96. The Bertz CT molecular complexity index is 176. The van der Waals surface area contributed by atoms with Gasteiger partial charge in [-0.1, -0.05) is 18.9 Å². The summed E-state index contributed by atoms with van der Waals surface area (Å²) in [5, 5.41) is 0. The summed E-state index contributed by atoms with van der Waals surface area (Å²) in [4.78, 5) is 0. The van der Waals surface area contributed by atoms with Gasteiger partial charge in [-0.25, -0.2) is 0 Å². The van der Waals surface area contributed by atoms with Gasteiger partial charge >= 0.3 is 0 Å². The van der Waals surface area contributed by atoms with E-state index in [1.165, 1.54) is 42.9 Å². The number of thioether (sulfide) groups is 3. The number of hydrogen-bond donors (Lipinski definition) is 0. The largest absolute Gasteiger partial charge is 0.158 e. The fourth-order valence-electron chi connectivity index (χ4n) is 1.30. The summed E-state index contributed by atoms with van der Waals surface area (Å²) in [6, 6.07) is 0. The molecule has 0 N–H and O–H groups in total. The third-order valence-corrected chi connectivity index (χ3v) is 6.69. The molecular weight excluding hydrogens is 240 g/mol. The van der Waals surface area contributed by atoms with Gasteiger partial charge in [0.2, 0.25) is 0 Å². The van der Waals surface area contributed by atoms with Gasteiger partial charge in [-0.2, -0.15) is 11.8 Å². The van der Waals surface area contributed by atoms with Gasteiger partial charge in [0.15, 0.2) is 0 Å². The van der Waals surface area contributed by atoms with E-state index in [0.29, 0.717) is 4.08 Å². The fourth-order valence-corrected chi connectivity index (χ4v) is 4.12. The molecule has 0 saturated carbocycles. The molecule has 1 fully saturated rings. The Hall–Kier alpha value is 0.790. The molecule has 0 aromatic rings. The highest BCUT2D eigenvalue weighted by Gasteiger charge is 2.38. The van der Waals surface area contributed by atoms with Crippen molar-refractivity contribution in [2.24, 2.45) is 0 Å². The summed E-state index contributed by atoms with van der Waals surface area (Å²) in [5.74, 6) is 5.16. The monoisotopic (exact) mass is 262 g/mol. The first-order valence-electron chi connectivity index (χ1n) is 5.73. The molecule has 88 valence electrons. The minimum atomic E-state index is 0.611. The Morgan fingerprint density at radius 1 is 1.27 bits per heavy atom. The third kappa shape index (κ3) is 7.64. The van der Waals surface area contributed by atoms with Crippen LogP contribution in [0.25, 0.3) is 0 Å². The Morgan fingerprint density at radius 3 is 2.53 bits per heavy atom. The quantitative estimate of drug-likeness (QED) is 0.319. The Morgan fingerprint density at radius 2 is 1.93 bits per heavy atom. The zero-order valence-corrected chi connectivity index (χ0v) is 12.1. The Labute approximate surface area is 107 Å². The van der Waals surface area contributed by atoms with Gasteiger partial charge in [0.05, 0.1) is 4.08 Å². The maximum atomic E-state index is 3.72. The summed E-state index contributed by atoms with van der Waals surface area (Å²) in [6.07, 6.45) is 7.62. The lowest BCUT2D eigenvalue weighted by Gasteiger charge is -2.05. The van der Waals surface area contributed by atoms with Crippen LogP contribution in [0.3, 0.4) is 0 Å². The molecule has 0 nitrogen and oxygen atoms in total. The van der Waals surface area contributed by atoms with Crippen molar-refractivity contribution in [2.45, 2.75) is 36.7 Å². The summed E-state index contributed by atoms with van der Waals surface area (Å²) in [7, 11) is 0. The van der Waals surface area contributed by atoms with Crippen LogP contribution in [-0.2, 0) is 0 Å². The second kappa shape index (κ2) is 7.97. The van der Waals surface area contributed by atoms with Gasteiger partial charge in [0.25, 0.3) is 0 Å². The van der Waals surface area contributed by atoms with Crippen molar-refractivity contribution in [2.75, 3.05) is 23.0 Å². The molecule has 1 saturated heterocycles. The molecule has 0 bridgehead atoms. The molecule has 0 radical (unpaired) electrons. The maximum absolute atomic E-state index is 3.72. The van der Waals surface area contributed by atoms with E-state index < -0.39 is 0 Å². The van der Waals surface area contributed by atoms with Crippen LogP contribution in [0, 0.1) is 0 Å². The number of rotatable bonds is 10. The minimum absolute atomic E-state index is 0.611. The van der Waals surface area contributed by atoms with E-state index in [1.807, 2.05) is 17.8 Å². The van der Waals surface area contributed by atoms with E-state index >= 15 is 0 Å². The topological polar surface area (TPSA) is 0 Å². The highest BCUT2D eigenvalue weighted by molar-refractivity contribution is 8.24. The van der Waals surface area contributed by atoms with Gasteiger partial charge in [-0.15, -0.1) is 30.1 Å². The molecule has 0 aromatic carbocycles. The van der Waals surface area contributed by atoms with Crippen molar-refractivity contribution >= 4 is 35.3 Å². The van der Waals surface area contributed by atoms with Gasteiger partial charge < -0.3 is 0 Å². The Kier molecular flexibility index (Phi) is 7.36. The molecule has 0 amide bonds. The maximum Gasteiger partial charge on any atom is 0.0674 e. The van der Waals surface area contributed by atoms with Crippen molar-refractivity contribution in [3.05, 3.63) is 12.7 Å². The van der Waals surface area contributed by atoms with Gasteiger partial charge in [0, 0.05) is 11.5 Å². The van der Waals surface area contributed by atoms with Gasteiger partial charge in [-0.3, -0.25) is 0 Å². The van der Waals surface area contributed by atoms with Crippen LogP contribution >= 0.6 is 35.3 Å². The molecule has 1 atom stereocenters. The summed E-state index contributed by atoms with van der Waals surface area (Å²) < 4.78 is 0.611. The summed E-state index contributed by atoms with van der Waals surface area (Å²) in [5.41, 5.74) is 0. The molecule has 3 heteroatoms. The van der Waals surface area contributed by atoms with Crippen molar-refractivity contribution < 1.29 is 0 Å². The second-order valence-corrected chi connectivity index (χ2v) is 8.53. The van der Waals surface area contributed by atoms with Crippen molar-refractivity contribution in [1.29, 1.82) is 0 Å². The highest BCUT2D eigenvalue weighted by Crippen LogP contribution is 2.53. The SMILES string of the molecule is C=CCSCCCCCCSC1(C)CS1. The van der Waals surface area contributed by atoms with E-state index in [2.05, 4.69) is 37.0 Å². The van der Waals surface area contributed by atoms with E-state index in [0.717, 1.165) is 5.75 Å². The first kappa shape index (κ1) is 13.9. The van der Waals surface area contributed by atoms with Crippen LogP contribution < -0.4 is 0 Å². The van der Waals surface area contributed by atoms with E-state index in [9.17, 15) is 0 Å². The van der Waals surface area contributed by atoms with Crippen LogP contribution in [0.2, 0.25) is 0 Å². The minimum Gasteiger partial charge on any atom is -0.158 e. The number of unbranched alkanes of at least 4 members (excludes halogenated alkanes) is 3.